The molecule has 0 aliphatic carbocycles. The molecule has 0 saturated heterocycles. The number of rotatable bonds is 2. The lowest BCUT2D eigenvalue weighted by atomic mass is 10.2. The monoisotopic (exact) mass is 258 g/mol. The number of nitrogens with zero attached hydrogens (tertiary/aromatic N) is 2. The van der Waals surface area contributed by atoms with Crippen LogP contribution in [0.4, 0.5) is 0 Å². The number of hydrogen-bond acceptors (Lipinski definition) is 4. The van der Waals surface area contributed by atoms with Crippen molar-refractivity contribution in [1.82, 2.24) is 9.97 Å². The Balaban J connectivity index is 2.86. The Morgan fingerprint density at radius 3 is 2.44 bits per heavy atom. The van der Waals surface area contributed by atoms with E-state index in [2.05, 4.69) is 9.97 Å². The van der Waals surface area contributed by atoms with Crippen molar-refractivity contribution in [3.63, 3.8) is 0 Å². The first-order valence-corrected chi connectivity index (χ1v) is 5.16. The third-order valence-corrected chi connectivity index (χ3v) is 2.58. The summed E-state index contributed by atoms with van der Waals surface area (Å²) in [4.78, 5) is 7.92. The topological polar surface area (TPSA) is 44.2 Å². The largest absolute Gasteiger partial charge is 0.493 e. The van der Waals surface area contributed by atoms with E-state index >= 15 is 0 Å². The fourth-order valence-corrected chi connectivity index (χ4v) is 1.95. The van der Waals surface area contributed by atoms with Crippen molar-refractivity contribution in [3.8, 4) is 11.5 Å². The Hall–Kier alpha value is -1.26. The molecule has 84 valence electrons. The number of aromatic nitrogens is 2. The summed E-state index contributed by atoms with van der Waals surface area (Å²) in [5, 5.41) is 0.934. The van der Waals surface area contributed by atoms with Crippen LogP contribution in [0.5, 0.6) is 11.5 Å². The molecule has 2 aromatic rings. The van der Waals surface area contributed by atoms with Crippen LogP contribution in [0, 0.1) is 0 Å². The first-order chi connectivity index (χ1) is 7.67. The molecule has 0 aliphatic heterocycles. The Labute approximate surface area is 102 Å². The molecule has 4 nitrogen and oxygen atoms in total. The second-order valence-corrected chi connectivity index (χ2v) is 3.67. The molecule has 0 unspecified atom stereocenters. The van der Waals surface area contributed by atoms with Crippen LogP contribution >= 0.6 is 23.2 Å². The van der Waals surface area contributed by atoms with E-state index in [1.165, 1.54) is 7.11 Å². The predicted octanol–water partition coefficient (Wildman–Crippen LogP) is 2.95. The van der Waals surface area contributed by atoms with Crippen LogP contribution in [0.2, 0.25) is 10.4 Å². The molecule has 0 atom stereocenters. The van der Waals surface area contributed by atoms with Crippen molar-refractivity contribution in [2.75, 3.05) is 14.2 Å². The summed E-state index contributed by atoms with van der Waals surface area (Å²) < 4.78 is 10.4. The van der Waals surface area contributed by atoms with E-state index in [4.69, 9.17) is 32.7 Å². The molecule has 0 saturated carbocycles. The van der Waals surface area contributed by atoms with E-state index in [0.29, 0.717) is 22.4 Å². The van der Waals surface area contributed by atoms with Gasteiger partial charge in [-0.25, -0.2) is 9.97 Å². The zero-order chi connectivity index (χ0) is 11.7. The van der Waals surface area contributed by atoms with Gasteiger partial charge in [-0.15, -0.1) is 0 Å². The third kappa shape index (κ3) is 1.74. The van der Waals surface area contributed by atoms with Gasteiger partial charge in [-0.2, -0.15) is 0 Å². The number of halogens is 2. The van der Waals surface area contributed by atoms with E-state index in [9.17, 15) is 0 Å². The zero-order valence-electron chi connectivity index (χ0n) is 8.62. The van der Waals surface area contributed by atoms with Gasteiger partial charge in [-0.3, -0.25) is 0 Å². The molecule has 1 aromatic heterocycles. The van der Waals surface area contributed by atoms with Crippen LogP contribution in [0.1, 0.15) is 0 Å². The first-order valence-electron chi connectivity index (χ1n) is 4.41. The SMILES string of the molecule is COc1ccc2nc(Cl)nc(Cl)c2c1OC. The van der Waals surface area contributed by atoms with Gasteiger partial charge in [-0.05, 0) is 23.7 Å². The Bertz CT molecular complexity index is 546. The van der Waals surface area contributed by atoms with Crippen LogP contribution in [0.25, 0.3) is 10.9 Å². The van der Waals surface area contributed by atoms with E-state index < -0.39 is 0 Å². The number of fused-ring (bicyclic) bond motifs is 1. The molecule has 0 amide bonds. The van der Waals surface area contributed by atoms with Gasteiger partial charge in [0.1, 0.15) is 5.15 Å². The first kappa shape index (κ1) is 11.2. The zero-order valence-corrected chi connectivity index (χ0v) is 10.1. The molecule has 1 heterocycles. The molecule has 0 bridgehead atoms. The summed E-state index contributed by atoms with van der Waals surface area (Å²) in [5.41, 5.74) is 0.614. The maximum absolute atomic E-state index is 6.00. The lowest BCUT2D eigenvalue weighted by Crippen LogP contribution is -1.94. The van der Waals surface area contributed by atoms with Gasteiger partial charge in [0, 0.05) is 0 Å². The summed E-state index contributed by atoms with van der Waals surface area (Å²) >= 11 is 11.7. The summed E-state index contributed by atoms with van der Waals surface area (Å²) in [6.07, 6.45) is 0. The van der Waals surface area contributed by atoms with Crippen molar-refractivity contribution < 1.29 is 9.47 Å². The highest BCUT2D eigenvalue weighted by Crippen LogP contribution is 2.38. The molecule has 6 heteroatoms. The average Bonchev–Trinajstić information content (AvgIpc) is 2.27. The average molecular weight is 259 g/mol. The van der Waals surface area contributed by atoms with Crippen molar-refractivity contribution in [1.29, 1.82) is 0 Å². The molecule has 0 N–H and O–H groups in total. The minimum atomic E-state index is 0.102. The van der Waals surface area contributed by atoms with E-state index in [1.54, 1.807) is 19.2 Å². The molecule has 0 aliphatic rings. The van der Waals surface area contributed by atoms with Crippen LogP contribution in [-0.2, 0) is 0 Å². The standard InChI is InChI=1S/C10H8Cl2N2O2/c1-15-6-4-3-5-7(8(6)16-2)9(11)14-10(12)13-5/h3-4H,1-2H3. The Kier molecular flexibility index (Phi) is 3.03. The second-order valence-electron chi connectivity index (χ2n) is 2.98. The minimum absolute atomic E-state index is 0.102. The van der Waals surface area contributed by atoms with Crippen LogP contribution in [-0.4, -0.2) is 24.2 Å². The minimum Gasteiger partial charge on any atom is -0.493 e. The highest BCUT2D eigenvalue weighted by molar-refractivity contribution is 6.36. The second kappa shape index (κ2) is 4.31. The Morgan fingerprint density at radius 2 is 1.81 bits per heavy atom. The fraction of sp³-hybridized carbons (Fsp3) is 0.200. The van der Waals surface area contributed by atoms with E-state index in [1.807, 2.05) is 0 Å². The fourth-order valence-electron chi connectivity index (χ4n) is 1.47. The summed E-state index contributed by atoms with van der Waals surface area (Å²) in [6.45, 7) is 0. The smallest absolute Gasteiger partial charge is 0.224 e. The van der Waals surface area contributed by atoms with Gasteiger partial charge in [0.25, 0.3) is 0 Å². The summed E-state index contributed by atoms with van der Waals surface area (Å²) in [5.74, 6) is 1.07. The normalized spacial score (nSPS) is 10.5. The molecule has 1 aromatic carbocycles. The van der Waals surface area contributed by atoms with Gasteiger partial charge in [0.15, 0.2) is 11.5 Å². The van der Waals surface area contributed by atoms with E-state index in [0.717, 1.165) is 0 Å². The summed E-state index contributed by atoms with van der Waals surface area (Å²) in [7, 11) is 3.08. The molecule has 0 spiro atoms. The van der Waals surface area contributed by atoms with E-state index in [-0.39, 0.29) is 10.4 Å². The van der Waals surface area contributed by atoms with Crippen molar-refractivity contribution >= 4 is 34.1 Å². The number of methoxy groups -OCH3 is 2. The number of ether oxygens (including phenoxy) is 2. The highest BCUT2D eigenvalue weighted by atomic mass is 35.5. The van der Waals surface area contributed by atoms with Gasteiger partial charge in [0.05, 0.1) is 25.1 Å². The highest BCUT2D eigenvalue weighted by Gasteiger charge is 2.14. The van der Waals surface area contributed by atoms with Crippen molar-refractivity contribution in [3.05, 3.63) is 22.6 Å². The molecule has 0 radical (unpaired) electrons. The molecule has 0 fully saturated rings. The predicted molar refractivity (Wildman–Crippen MR) is 62.7 cm³/mol. The number of hydrogen-bond donors (Lipinski definition) is 0. The third-order valence-electron chi connectivity index (χ3n) is 2.13. The molecule has 2 rings (SSSR count). The van der Waals surface area contributed by atoms with Gasteiger partial charge in [0.2, 0.25) is 5.28 Å². The maximum atomic E-state index is 6.00. The summed E-state index contributed by atoms with van der Waals surface area (Å²) in [6, 6.07) is 3.48. The van der Waals surface area contributed by atoms with Crippen molar-refractivity contribution in [2.45, 2.75) is 0 Å². The molecule has 16 heavy (non-hydrogen) atoms. The number of benzene rings is 1. The molecular formula is C10H8Cl2N2O2. The quantitative estimate of drug-likeness (QED) is 0.614. The Morgan fingerprint density at radius 1 is 1.06 bits per heavy atom. The molecular weight excluding hydrogens is 251 g/mol. The van der Waals surface area contributed by atoms with Crippen molar-refractivity contribution in [2.24, 2.45) is 0 Å². The van der Waals surface area contributed by atoms with Gasteiger partial charge >= 0.3 is 0 Å². The van der Waals surface area contributed by atoms with Crippen LogP contribution in [0.15, 0.2) is 12.1 Å². The van der Waals surface area contributed by atoms with Crippen LogP contribution < -0.4 is 9.47 Å². The van der Waals surface area contributed by atoms with Gasteiger partial charge in [-0.1, -0.05) is 11.6 Å². The lowest BCUT2D eigenvalue weighted by molar-refractivity contribution is 0.358. The lowest BCUT2D eigenvalue weighted by Gasteiger charge is -2.10. The maximum Gasteiger partial charge on any atom is 0.224 e. The van der Waals surface area contributed by atoms with Crippen LogP contribution in [0.3, 0.4) is 0 Å². The van der Waals surface area contributed by atoms with Gasteiger partial charge < -0.3 is 9.47 Å².